The zero-order valence-corrected chi connectivity index (χ0v) is 9.54. The highest BCUT2D eigenvalue weighted by atomic mass is 16.3. The molecule has 1 radical (unpaired) electrons. The third-order valence-corrected chi connectivity index (χ3v) is 4.47. The first kappa shape index (κ1) is 10.1. The average Bonchev–Trinajstić information content (AvgIpc) is 2.94. The molecular weight excluding hydrogens is 196 g/mol. The number of benzene rings is 1. The Morgan fingerprint density at radius 2 is 2.19 bits per heavy atom. The van der Waals surface area contributed by atoms with E-state index in [1.54, 1.807) is 0 Å². The van der Waals surface area contributed by atoms with Crippen LogP contribution < -0.4 is 0 Å². The van der Waals surface area contributed by atoms with Crippen molar-refractivity contribution >= 4 is 0 Å². The highest BCUT2D eigenvalue weighted by molar-refractivity contribution is 5.43. The van der Waals surface area contributed by atoms with Crippen LogP contribution in [0.4, 0.5) is 0 Å². The number of hydrogen-bond acceptors (Lipinski definition) is 0. The van der Waals surface area contributed by atoms with Gasteiger partial charge in [0.25, 0.3) is 0 Å². The Kier molecular flexibility index (Phi) is 2.02. The molecule has 16 heavy (non-hydrogen) atoms. The van der Waals surface area contributed by atoms with Gasteiger partial charge >= 0.3 is 0 Å². The molecule has 1 aromatic carbocycles. The third kappa shape index (κ3) is 1.15. The van der Waals surface area contributed by atoms with Gasteiger partial charge in [-0.05, 0) is 43.2 Å². The van der Waals surface area contributed by atoms with E-state index in [2.05, 4.69) is 12.6 Å². The van der Waals surface area contributed by atoms with Crippen molar-refractivity contribution in [3.8, 4) is 0 Å². The molecule has 0 amide bonds. The summed E-state index contributed by atoms with van der Waals surface area (Å²) in [6, 6.07) is 8.20. The molecule has 1 saturated carbocycles. The van der Waals surface area contributed by atoms with E-state index in [1.165, 1.54) is 5.56 Å². The van der Waals surface area contributed by atoms with Gasteiger partial charge in [-0.25, -0.2) is 5.11 Å². The molecular formula is C15H17O. The summed E-state index contributed by atoms with van der Waals surface area (Å²) in [6.07, 6.45) is 6.93. The third-order valence-electron chi connectivity index (χ3n) is 4.47. The van der Waals surface area contributed by atoms with Gasteiger partial charge in [-0.1, -0.05) is 30.3 Å². The number of fused-ring (bicyclic) bond motifs is 3. The van der Waals surface area contributed by atoms with E-state index in [0.29, 0.717) is 0 Å². The summed E-state index contributed by atoms with van der Waals surface area (Å²) >= 11 is 0. The summed E-state index contributed by atoms with van der Waals surface area (Å²) in [6.45, 7) is 3.76. The van der Waals surface area contributed by atoms with Crippen LogP contribution in [-0.2, 0) is 17.1 Å². The van der Waals surface area contributed by atoms with Crippen molar-refractivity contribution in [2.75, 3.05) is 0 Å². The normalized spacial score (nSPS) is 35.1. The largest absolute Gasteiger partial charge is 0.224 e. The highest BCUT2D eigenvalue weighted by Gasteiger charge is 2.70. The summed E-state index contributed by atoms with van der Waals surface area (Å²) in [5.74, 6) is 0. The van der Waals surface area contributed by atoms with Crippen molar-refractivity contribution in [2.45, 2.75) is 37.7 Å². The zero-order chi connectivity index (χ0) is 11.2. The van der Waals surface area contributed by atoms with Crippen LogP contribution in [0.1, 0.15) is 36.8 Å². The predicted octanol–water partition coefficient (Wildman–Crippen LogP) is 3.61. The van der Waals surface area contributed by atoms with E-state index in [4.69, 9.17) is 0 Å². The molecule has 2 aliphatic carbocycles. The second-order valence-electron chi connectivity index (χ2n) is 5.27. The maximum Gasteiger partial charge on any atom is 0.135 e. The molecule has 83 valence electrons. The lowest BCUT2D eigenvalue weighted by Gasteiger charge is -2.27. The lowest BCUT2D eigenvalue weighted by atomic mass is 9.79. The lowest BCUT2D eigenvalue weighted by molar-refractivity contribution is 0.00860. The molecule has 0 saturated heterocycles. The van der Waals surface area contributed by atoms with Crippen LogP contribution in [0.15, 0.2) is 36.9 Å². The highest BCUT2D eigenvalue weighted by Crippen LogP contribution is 2.70. The first-order chi connectivity index (χ1) is 7.72. The maximum absolute atomic E-state index is 12.8. The van der Waals surface area contributed by atoms with Crippen molar-refractivity contribution in [3.05, 3.63) is 48.0 Å². The fourth-order valence-electron chi connectivity index (χ4n) is 3.40. The molecule has 0 bridgehead atoms. The quantitative estimate of drug-likeness (QED) is 0.683. The number of rotatable bonds is 3. The van der Waals surface area contributed by atoms with Crippen LogP contribution in [0.5, 0.6) is 0 Å². The van der Waals surface area contributed by atoms with E-state index in [1.807, 2.05) is 24.3 Å². The standard InChI is InChI=1S/C15H17O/c1-2-3-9-14-10-8-12-6-4-5-7-13(12)15(14,16)11-14/h2,4-7H,1,3,8-11H2. The first-order valence-corrected chi connectivity index (χ1v) is 6.12. The SMILES string of the molecule is C=CCCC12CCc3ccccc3C1([O])C2. The Hall–Kier alpha value is -1.08. The van der Waals surface area contributed by atoms with Crippen molar-refractivity contribution in [1.29, 1.82) is 0 Å². The van der Waals surface area contributed by atoms with Crippen LogP contribution in [0.3, 0.4) is 0 Å². The molecule has 1 nitrogen and oxygen atoms in total. The Balaban J connectivity index is 1.95. The molecule has 3 rings (SSSR count). The second-order valence-corrected chi connectivity index (χ2v) is 5.27. The van der Waals surface area contributed by atoms with Crippen molar-refractivity contribution in [3.63, 3.8) is 0 Å². The van der Waals surface area contributed by atoms with Crippen LogP contribution in [-0.4, -0.2) is 0 Å². The Labute approximate surface area is 96.8 Å². The van der Waals surface area contributed by atoms with Crippen LogP contribution in [0, 0.1) is 5.41 Å². The first-order valence-electron chi connectivity index (χ1n) is 6.12. The summed E-state index contributed by atoms with van der Waals surface area (Å²) < 4.78 is 0. The van der Waals surface area contributed by atoms with Crippen LogP contribution in [0.2, 0.25) is 0 Å². The molecule has 2 atom stereocenters. The van der Waals surface area contributed by atoms with E-state index < -0.39 is 5.60 Å². The minimum absolute atomic E-state index is 0.0511. The summed E-state index contributed by atoms with van der Waals surface area (Å²) in [5.41, 5.74) is 1.63. The second kappa shape index (κ2) is 3.21. The number of allylic oxidation sites excluding steroid dienone is 1. The summed E-state index contributed by atoms with van der Waals surface area (Å²) in [4.78, 5) is 0. The average molecular weight is 213 g/mol. The molecule has 2 aliphatic rings. The minimum atomic E-state index is -0.773. The fourth-order valence-corrected chi connectivity index (χ4v) is 3.40. The van der Waals surface area contributed by atoms with Crippen LogP contribution in [0.25, 0.3) is 0 Å². The molecule has 2 unspecified atom stereocenters. The topological polar surface area (TPSA) is 19.9 Å². The molecule has 0 spiro atoms. The van der Waals surface area contributed by atoms with Gasteiger partial charge in [0.2, 0.25) is 0 Å². The van der Waals surface area contributed by atoms with Gasteiger partial charge in [-0.2, -0.15) is 0 Å². The van der Waals surface area contributed by atoms with Gasteiger partial charge in [0.15, 0.2) is 0 Å². The van der Waals surface area contributed by atoms with Crippen LogP contribution >= 0.6 is 0 Å². The van der Waals surface area contributed by atoms with Gasteiger partial charge in [-0.15, -0.1) is 6.58 Å². The van der Waals surface area contributed by atoms with E-state index in [-0.39, 0.29) is 5.41 Å². The van der Waals surface area contributed by atoms with E-state index >= 15 is 0 Å². The Morgan fingerprint density at radius 1 is 1.38 bits per heavy atom. The monoisotopic (exact) mass is 213 g/mol. The van der Waals surface area contributed by atoms with E-state index in [9.17, 15) is 5.11 Å². The van der Waals surface area contributed by atoms with Gasteiger partial charge in [0, 0.05) is 5.41 Å². The molecule has 1 aromatic rings. The molecule has 0 aromatic heterocycles. The van der Waals surface area contributed by atoms with Crippen molar-refractivity contribution < 1.29 is 5.11 Å². The molecule has 1 heteroatoms. The van der Waals surface area contributed by atoms with Gasteiger partial charge in [0.1, 0.15) is 5.60 Å². The smallest absolute Gasteiger partial charge is 0.135 e. The Morgan fingerprint density at radius 3 is 3.00 bits per heavy atom. The fraction of sp³-hybridized carbons (Fsp3) is 0.467. The maximum atomic E-state index is 12.8. The lowest BCUT2D eigenvalue weighted by Crippen LogP contribution is -2.24. The van der Waals surface area contributed by atoms with Gasteiger partial charge < -0.3 is 0 Å². The van der Waals surface area contributed by atoms with E-state index in [0.717, 1.165) is 37.7 Å². The van der Waals surface area contributed by atoms with Crippen molar-refractivity contribution in [1.82, 2.24) is 0 Å². The van der Waals surface area contributed by atoms with Crippen molar-refractivity contribution in [2.24, 2.45) is 5.41 Å². The molecule has 1 fully saturated rings. The summed E-state index contributed by atoms with van der Waals surface area (Å²) in [5, 5.41) is 12.8. The number of aryl methyl sites for hydroxylation is 1. The minimum Gasteiger partial charge on any atom is -0.224 e. The predicted molar refractivity (Wildman–Crippen MR) is 63.6 cm³/mol. The molecule has 0 aliphatic heterocycles. The number of hydrogen-bond donors (Lipinski definition) is 0. The summed E-state index contributed by atoms with van der Waals surface area (Å²) in [7, 11) is 0. The Bertz CT molecular complexity index is 433. The van der Waals surface area contributed by atoms with Gasteiger partial charge in [0.05, 0.1) is 0 Å². The zero-order valence-electron chi connectivity index (χ0n) is 9.54. The molecule has 0 N–H and O–H groups in total. The molecule has 0 heterocycles. The van der Waals surface area contributed by atoms with Gasteiger partial charge in [-0.3, -0.25) is 0 Å².